The topological polar surface area (TPSA) is 143 Å². The number of hydrazone groups is 1. The van der Waals surface area contributed by atoms with Gasteiger partial charge >= 0.3 is 0 Å². The SMILES string of the molecule is O=[N+]([O-])c1ccc(-c2ccc(C=NNc3nc(NCc4ccccc4)nc(Nc4ccccc4)n3)o2)cc1. The van der Waals surface area contributed by atoms with Crippen molar-refractivity contribution in [3.05, 3.63) is 118 Å². The van der Waals surface area contributed by atoms with E-state index in [1.165, 1.54) is 18.3 Å². The number of hydrogen-bond donors (Lipinski definition) is 3. The third-order valence-corrected chi connectivity index (χ3v) is 5.30. The lowest BCUT2D eigenvalue weighted by Crippen LogP contribution is -2.09. The van der Waals surface area contributed by atoms with Gasteiger partial charge in [-0.1, -0.05) is 48.5 Å². The molecule has 2 aromatic heterocycles. The number of nitro groups is 1. The van der Waals surface area contributed by atoms with E-state index in [9.17, 15) is 10.1 Å². The maximum atomic E-state index is 10.9. The summed E-state index contributed by atoms with van der Waals surface area (Å²) >= 11 is 0. The van der Waals surface area contributed by atoms with Crippen molar-refractivity contribution >= 4 is 35.4 Å². The van der Waals surface area contributed by atoms with Gasteiger partial charge < -0.3 is 15.1 Å². The number of aromatic nitrogens is 3. The first-order chi connectivity index (χ1) is 18.6. The molecule has 0 spiro atoms. The number of nitrogens with zero attached hydrogens (tertiary/aromatic N) is 5. The Hall–Kier alpha value is -5.58. The monoisotopic (exact) mass is 506 g/mol. The van der Waals surface area contributed by atoms with Gasteiger partial charge in [0, 0.05) is 29.9 Å². The van der Waals surface area contributed by atoms with E-state index in [1.54, 1.807) is 24.3 Å². The van der Waals surface area contributed by atoms with Crippen molar-refractivity contribution in [2.75, 3.05) is 16.1 Å². The van der Waals surface area contributed by atoms with Crippen LogP contribution in [0.25, 0.3) is 11.3 Å². The largest absolute Gasteiger partial charge is 0.455 e. The molecule has 3 aromatic carbocycles. The van der Waals surface area contributed by atoms with Crippen LogP contribution in [0.2, 0.25) is 0 Å². The van der Waals surface area contributed by atoms with E-state index >= 15 is 0 Å². The summed E-state index contributed by atoms with van der Waals surface area (Å²) in [6, 6.07) is 29.1. The molecule has 188 valence electrons. The highest BCUT2D eigenvalue weighted by atomic mass is 16.6. The van der Waals surface area contributed by atoms with Crippen LogP contribution in [0.5, 0.6) is 0 Å². The van der Waals surface area contributed by atoms with E-state index in [1.807, 2.05) is 60.7 Å². The van der Waals surface area contributed by atoms with Crippen molar-refractivity contribution in [2.24, 2.45) is 5.10 Å². The molecule has 38 heavy (non-hydrogen) atoms. The summed E-state index contributed by atoms with van der Waals surface area (Å²) in [6.45, 7) is 0.538. The Morgan fingerprint density at radius 1 is 0.816 bits per heavy atom. The molecule has 2 heterocycles. The molecule has 5 aromatic rings. The molecule has 0 amide bonds. The number of nitrogens with one attached hydrogen (secondary N) is 3. The molecule has 11 heteroatoms. The van der Waals surface area contributed by atoms with Gasteiger partial charge in [0.05, 0.1) is 11.1 Å². The van der Waals surface area contributed by atoms with E-state index < -0.39 is 4.92 Å². The van der Waals surface area contributed by atoms with Crippen LogP contribution in [0.1, 0.15) is 11.3 Å². The van der Waals surface area contributed by atoms with Crippen LogP contribution in [0.15, 0.2) is 107 Å². The number of furan rings is 1. The molecule has 0 fully saturated rings. The van der Waals surface area contributed by atoms with Gasteiger partial charge in [-0.3, -0.25) is 10.1 Å². The van der Waals surface area contributed by atoms with Gasteiger partial charge in [-0.05, 0) is 42.0 Å². The Bertz CT molecular complexity index is 1540. The Labute approximate surface area is 217 Å². The van der Waals surface area contributed by atoms with E-state index in [0.717, 1.165) is 11.3 Å². The minimum atomic E-state index is -0.444. The lowest BCUT2D eigenvalue weighted by Gasteiger charge is -2.10. The summed E-state index contributed by atoms with van der Waals surface area (Å²) in [5.74, 6) is 1.98. The van der Waals surface area contributed by atoms with Gasteiger partial charge in [-0.15, -0.1) is 0 Å². The molecular formula is C27H22N8O3. The molecule has 0 saturated heterocycles. The Balaban J connectivity index is 1.30. The van der Waals surface area contributed by atoms with E-state index in [2.05, 4.69) is 36.1 Å². The minimum absolute atomic E-state index is 0.0161. The smallest absolute Gasteiger partial charge is 0.269 e. The van der Waals surface area contributed by atoms with Gasteiger partial charge in [0.1, 0.15) is 11.5 Å². The molecule has 0 aliphatic heterocycles. The highest BCUT2D eigenvalue weighted by Gasteiger charge is 2.09. The average Bonchev–Trinajstić information content (AvgIpc) is 3.42. The molecular weight excluding hydrogens is 484 g/mol. The number of hydrogen-bond acceptors (Lipinski definition) is 10. The van der Waals surface area contributed by atoms with Crippen LogP contribution in [-0.4, -0.2) is 26.1 Å². The van der Waals surface area contributed by atoms with Crippen LogP contribution in [0.3, 0.4) is 0 Å². The molecule has 0 saturated carbocycles. The maximum absolute atomic E-state index is 10.9. The molecule has 0 aliphatic rings. The molecule has 0 aliphatic carbocycles. The molecule has 0 atom stereocenters. The van der Waals surface area contributed by atoms with Gasteiger partial charge in [0.2, 0.25) is 17.8 Å². The summed E-state index contributed by atoms with van der Waals surface area (Å²) in [5.41, 5.74) is 5.46. The molecule has 0 bridgehead atoms. The van der Waals surface area contributed by atoms with Crippen LogP contribution < -0.4 is 16.1 Å². The normalized spacial score (nSPS) is 10.8. The fraction of sp³-hybridized carbons (Fsp3) is 0.0370. The molecule has 3 N–H and O–H groups in total. The third kappa shape index (κ3) is 6.34. The fourth-order valence-corrected chi connectivity index (χ4v) is 3.47. The van der Waals surface area contributed by atoms with Crippen molar-refractivity contribution < 1.29 is 9.34 Å². The lowest BCUT2D eigenvalue weighted by molar-refractivity contribution is -0.384. The molecule has 0 radical (unpaired) electrons. The van der Waals surface area contributed by atoms with Gasteiger partial charge in [0.15, 0.2) is 0 Å². The predicted octanol–water partition coefficient (Wildman–Crippen LogP) is 5.84. The number of para-hydroxylation sites is 1. The average molecular weight is 507 g/mol. The lowest BCUT2D eigenvalue weighted by atomic mass is 10.1. The Morgan fingerprint density at radius 2 is 1.50 bits per heavy atom. The van der Waals surface area contributed by atoms with Crippen LogP contribution in [-0.2, 0) is 6.54 Å². The second-order valence-electron chi connectivity index (χ2n) is 8.01. The summed E-state index contributed by atoms with van der Waals surface area (Å²) in [7, 11) is 0. The summed E-state index contributed by atoms with van der Waals surface area (Å²) in [5, 5.41) is 21.4. The number of rotatable bonds is 10. The zero-order valence-corrected chi connectivity index (χ0v) is 20.0. The van der Waals surface area contributed by atoms with Gasteiger partial charge in [-0.25, -0.2) is 5.43 Å². The fourth-order valence-electron chi connectivity index (χ4n) is 3.47. The third-order valence-electron chi connectivity index (χ3n) is 5.30. The summed E-state index contributed by atoms with van der Waals surface area (Å²) in [6.07, 6.45) is 1.49. The Kier molecular flexibility index (Phi) is 7.26. The zero-order valence-electron chi connectivity index (χ0n) is 20.0. The zero-order chi connectivity index (χ0) is 26.2. The second kappa shape index (κ2) is 11.4. The van der Waals surface area contributed by atoms with E-state index in [4.69, 9.17) is 4.42 Å². The first-order valence-corrected chi connectivity index (χ1v) is 11.6. The maximum Gasteiger partial charge on any atom is 0.269 e. The van der Waals surface area contributed by atoms with Crippen molar-refractivity contribution in [1.82, 2.24) is 15.0 Å². The van der Waals surface area contributed by atoms with Crippen molar-refractivity contribution in [3.63, 3.8) is 0 Å². The summed E-state index contributed by atoms with van der Waals surface area (Å²) in [4.78, 5) is 23.7. The van der Waals surface area contributed by atoms with Crippen LogP contribution in [0.4, 0.5) is 29.2 Å². The number of benzene rings is 3. The highest BCUT2D eigenvalue weighted by molar-refractivity contribution is 5.78. The molecule has 5 rings (SSSR count). The number of non-ortho nitro benzene ring substituents is 1. The minimum Gasteiger partial charge on any atom is -0.455 e. The highest BCUT2D eigenvalue weighted by Crippen LogP contribution is 2.24. The predicted molar refractivity (Wildman–Crippen MR) is 145 cm³/mol. The van der Waals surface area contributed by atoms with E-state index in [0.29, 0.717) is 35.5 Å². The van der Waals surface area contributed by atoms with Crippen molar-refractivity contribution in [3.8, 4) is 11.3 Å². The molecule has 11 nitrogen and oxygen atoms in total. The van der Waals surface area contributed by atoms with Gasteiger partial charge in [-0.2, -0.15) is 20.1 Å². The quantitative estimate of drug-likeness (QED) is 0.121. The van der Waals surface area contributed by atoms with Crippen LogP contribution in [0, 0.1) is 10.1 Å². The second-order valence-corrected chi connectivity index (χ2v) is 8.01. The first kappa shape index (κ1) is 24.1. The van der Waals surface area contributed by atoms with Crippen molar-refractivity contribution in [1.29, 1.82) is 0 Å². The standard InChI is InChI=1S/C27H22N8O3/c36-35(37)22-13-11-20(12-14-22)24-16-15-23(38-24)18-29-34-27-32-25(28-17-19-7-3-1-4-8-19)31-26(33-27)30-21-9-5-2-6-10-21/h1-16,18H,17H2,(H3,28,30,31,32,33,34). The van der Waals surface area contributed by atoms with Gasteiger partial charge in [0.25, 0.3) is 5.69 Å². The molecule has 0 unspecified atom stereocenters. The van der Waals surface area contributed by atoms with E-state index in [-0.39, 0.29) is 11.6 Å². The Morgan fingerprint density at radius 3 is 2.24 bits per heavy atom. The first-order valence-electron chi connectivity index (χ1n) is 11.6. The number of anilines is 4. The van der Waals surface area contributed by atoms with Crippen molar-refractivity contribution in [2.45, 2.75) is 6.54 Å². The number of nitro benzene ring substituents is 1. The van der Waals surface area contributed by atoms with Crippen LogP contribution >= 0.6 is 0 Å². The summed E-state index contributed by atoms with van der Waals surface area (Å²) < 4.78 is 5.78.